The number of nitrogens with zero attached hydrogens (tertiary/aromatic N) is 4. The molecule has 1 saturated heterocycles. The fourth-order valence-electron chi connectivity index (χ4n) is 4.30. The molecule has 3 aromatic heterocycles. The molecule has 8 heteroatoms. The van der Waals surface area contributed by atoms with Gasteiger partial charge in [-0.05, 0) is 60.7 Å². The maximum Gasteiger partial charge on any atom is 0.226 e. The molecule has 0 aliphatic carbocycles. The Morgan fingerprint density at radius 1 is 1.00 bits per heavy atom. The monoisotopic (exact) mass is 468 g/mol. The molecule has 4 heterocycles. The van der Waals surface area contributed by atoms with Crippen molar-refractivity contribution in [2.45, 2.75) is 18.5 Å². The molecular weight excluding hydrogens is 444 g/mol. The molecule has 170 valence electrons. The molecule has 2 unspecified atom stereocenters. The number of carbonyl (C=O) groups is 1. The van der Waals surface area contributed by atoms with Crippen LogP contribution >= 0.6 is 12.2 Å². The van der Waals surface area contributed by atoms with E-state index in [1.165, 1.54) is 0 Å². The average Bonchev–Trinajstić information content (AvgIpc) is 3.48. The lowest BCUT2D eigenvalue weighted by atomic mass is 10.0. The Kier molecular flexibility index (Phi) is 6.31. The molecule has 5 rings (SSSR count). The van der Waals surface area contributed by atoms with E-state index in [1.54, 1.807) is 12.4 Å². The zero-order valence-corrected chi connectivity index (χ0v) is 19.2. The van der Waals surface area contributed by atoms with E-state index in [0.29, 0.717) is 18.1 Å². The molecule has 1 amide bonds. The van der Waals surface area contributed by atoms with Crippen molar-refractivity contribution in [3.05, 3.63) is 109 Å². The Hall–Kier alpha value is -4.04. The number of anilines is 1. The van der Waals surface area contributed by atoms with Crippen LogP contribution < -0.4 is 10.6 Å². The van der Waals surface area contributed by atoms with E-state index >= 15 is 0 Å². The first-order chi connectivity index (χ1) is 16.7. The van der Waals surface area contributed by atoms with E-state index in [4.69, 9.17) is 12.2 Å². The van der Waals surface area contributed by atoms with Crippen molar-refractivity contribution in [3.8, 4) is 5.69 Å². The van der Waals surface area contributed by atoms with Crippen molar-refractivity contribution < 1.29 is 4.79 Å². The second-order valence-corrected chi connectivity index (χ2v) is 8.39. The first-order valence-corrected chi connectivity index (χ1v) is 11.5. The van der Waals surface area contributed by atoms with Gasteiger partial charge in [0.25, 0.3) is 0 Å². The van der Waals surface area contributed by atoms with Gasteiger partial charge in [-0.1, -0.05) is 24.3 Å². The Bertz CT molecular complexity index is 1260. The van der Waals surface area contributed by atoms with Crippen LogP contribution in [0.1, 0.15) is 29.9 Å². The maximum atomic E-state index is 12.7. The van der Waals surface area contributed by atoms with Crippen LogP contribution in [0.4, 0.5) is 5.69 Å². The molecule has 2 atom stereocenters. The van der Waals surface area contributed by atoms with Gasteiger partial charge < -0.3 is 20.1 Å². The van der Waals surface area contributed by atoms with E-state index < -0.39 is 0 Å². The number of hydrogen-bond donors (Lipinski definition) is 2. The van der Waals surface area contributed by atoms with Crippen LogP contribution in [0, 0.1) is 0 Å². The third-order valence-corrected chi connectivity index (χ3v) is 6.19. The summed E-state index contributed by atoms with van der Waals surface area (Å²) in [5.74, 6) is -0.0586. The highest BCUT2D eigenvalue weighted by molar-refractivity contribution is 7.80. The van der Waals surface area contributed by atoms with Crippen LogP contribution in [0.25, 0.3) is 5.69 Å². The number of benzene rings is 1. The standard InChI is InChI=1S/C26H24N6OS/c33-23(29-19-8-2-1-3-9-19)13-17-32-25(24(30-26(32)34)21-11-4-5-15-28-21)22-12-7-16-31(22)20-10-6-14-27-18-20/h1-12,14-16,18,24-25H,13,17H2,(H,29,33)(H,30,34). The number of thiocarbonyl (C=S) groups is 1. The predicted octanol–water partition coefficient (Wildman–Crippen LogP) is 4.27. The summed E-state index contributed by atoms with van der Waals surface area (Å²) in [7, 11) is 0. The Morgan fingerprint density at radius 2 is 1.85 bits per heavy atom. The summed E-state index contributed by atoms with van der Waals surface area (Å²) in [6.45, 7) is 0.469. The highest BCUT2D eigenvalue weighted by atomic mass is 32.1. The SMILES string of the molecule is O=C(CCN1C(=S)NC(c2ccccn2)C1c1cccn1-c1cccnc1)Nc1ccccc1. The summed E-state index contributed by atoms with van der Waals surface area (Å²) in [4.78, 5) is 23.6. The van der Waals surface area contributed by atoms with Crippen LogP contribution in [0.15, 0.2) is 97.6 Å². The van der Waals surface area contributed by atoms with Crippen LogP contribution in [0.3, 0.4) is 0 Å². The predicted molar refractivity (Wildman–Crippen MR) is 135 cm³/mol. The van der Waals surface area contributed by atoms with Gasteiger partial charge in [0.2, 0.25) is 5.91 Å². The van der Waals surface area contributed by atoms with Gasteiger partial charge in [-0.3, -0.25) is 14.8 Å². The molecule has 0 radical (unpaired) electrons. The number of amides is 1. The number of carbonyl (C=O) groups excluding carboxylic acids is 1. The zero-order chi connectivity index (χ0) is 23.3. The van der Waals surface area contributed by atoms with E-state index in [-0.39, 0.29) is 18.0 Å². The van der Waals surface area contributed by atoms with Gasteiger partial charge in [0, 0.05) is 42.9 Å². The molecule has 0 bridgehead atoms. The number of rotatable bonds is 7. The number of nitrogens with one attached hydrogen (secondary N) is 2. The van der Waals surface area contributed by atoms with Crippen molar-refractivity contribution in [2.75, 3.05) is 11.9 Å². The molecule has 34 heavy (non-hydrogen) atoms. The molecular formula is C26H24N6OS. The van der Waals surface area contributed by atoms with Crippen molar-refractivity contribution >= 4 is 28.9 Å². The van der Waals surface area contributed by atoms with Gasteiger partial charge in [0.1, 0.15) is 0 Å². The summed E-state index contributed by atoms with van der Waals surface area (Å²) in [5.41, 5.74) is 3.68. The first kappa shape index (κ1) is 21.8. The van der Waals surface area contributed by atoms with Crippen LogP contribution in [-0.2, 0) is 4.79 Å². The summed E-state index contributed by atoms with van der Waals surface area (Å²) in [5, 5.41) is 7.00. The second kappa shape index (κ2) is 9.84. The molecule has 1 aromatic carbocycles. The van der Waals surface area contributed by atoms with E-state index in [2.05, 4.69) is 36.1 Å². The molecule has 0 saturated carbocycles. The average molecular weight is 469 g/mol. The normalized spacial score (nSPS) is 17.4. The Balaban J connectivity index is 1.44. The molecule has 1 aliphatic rings. The molecule has 2 N–H and O–H groups in total. The van der Waals surface area contributed by atoms with Gasteiger partial charge in [0.15, 0.2) is 5.11 Å². The van der Waals surface area contributed by atoms with E-state index in [1.807, 2.05) is 79.1 Å². The lowest BCUT2D eigenvalue weighted by Gasteiger charge is -2.28. The number of hydrogen-bond acceptors (Lipinski definition) is 4. The number of aromatic nitrogens is 3. The van der Waals surface area contributed by atoms with E-state index in [0.717, 1.165) is 22.8 Å². The van der Waals surface area contributed by atoms with Gasteiger partial charge >= 0.3 is 0 Å². The molecule has 4 aromatic rings. The van der Waals surface area contributed by atoms with Gasteiger partial charge in [-0.25, -0.2) is 0 Å². The largest absolute Gasteiger partial charge is 0.352 e. The smallest absolute Gasteiger partial charge is 0.226 e. The molecule has 1 aliphatic heterocycles. The van der Waals surface area contributed by atoms with Gasteiger partial charge in [0.05, 0.1) is 29.7 Å². The number of para-hydroxylation sites is 1. The van der Waals surface area contributed by atoms with Crippen molar-refractivity contribution in [1.29, 1.82) is 0 Å². The molecule has 1 fully saturated rings. The van der Waals surface area contributed by atoms with Crippen molar-refractivity contribution in [3.63, 3.8) is 0 Å². The minimum atomic E-state index is -0.156. The third-order valence-electron chi connectivity index (χ3n) is 5.84. The maximum absolute atomic E-state index is 12.7. The van der Waals surface area contributed by atoms with Crippen LogP contribution in [-0.4, -0.2) is 37.0 Å². The second-order valence-electron chi connectivity index (χ2n) is 8.00. The summed E-state index contributed by atoms with van der Waals surface area (Å²) < 4.78 is 2.11. The Morgan fingerprint density at radius 3 is 2.62 bits per heavy atom. The minimum Gasteiger partial charge on any atom is -0.352 e. The quantitative estimate of drug-likeness (QED) is 0.395. The van der Waals surface area contributed by atoms with Gasteiger partial charge in [-0.2, -0.15) is 0 Å². The van der Waals surface area contributed by atoms with Crippen molar-refractivity contribution in [1.82, 2.24) is 24.8 Å². The molecule has 0 spiro atoms. The van der Waals surface area contributed by atoms with Crippen molar-refractivity contribution in [2.24, 2.45) is 0 Å². The summed E-state index contributed by atoms with van der Waals surface area (Å²) >= 11 is 5.74. The minimum absolute atomic E-state index is 0.0586. The number of pyridine rings is 2. The summed E-state index contributed by atoms with van der Waals surface area (Å²) in [6.07, 6.45) is 7.69. The lowest BCUT2D eigenvalue weighted by Crippen LogP contribution is -2.33. The van der Waals surface area contributed by atoms with Crippen LogP contribution in [0.2, 0.25) is 0 Å². The first-order valence-electron chi connectivity index (χ1n) is 11.1. The summed E-state index contributed by atoms with van der Waals surface area (Å²) in [6, 6.07) is 23.1. The fraction of sp³-hybridized carbons (Fsp3) is 0.154. The lowest BCUT2D eigenvalue weighted by molar-refractivity contribution is -0.116. The van der Waals surface area contributed by atoms with Crippen LogP contribution in [0.5, 0.6) is 0 Å². The topological polar surface area (TPSA) is 75.1 Å². The van der Waals surface area contributed by atoms with E-state index in [9.17, 15) is 4.79 Å². The fourth-order valence-corrected chi connectivity index (χ4v) is 4.63. The molecule has 7 nitrogen and oxygen atoms in total. The highest BCUT2D eigenvalue weighted by Gasteiger charge is 2.41. The zero-order valence-electron chi connectivity index (χ0n) is 18.4. The third kappa shape index (κ3) is 4.53. The highest BCUT2D eigenvalue weighted by Crippen LogP contribution is 2.39. The van der Waals surface area contributed by atoms with Gasteiger partial charge in [-0.15, -0.1) is 0 Å². The Labute approximate surface area is 203 Å².